The van der Waals surface area contributed by atoms with Crippen molar-refractivity contribution in [3.05, 3.63) is 29.3 Å². The van der Waals surface area contributed by atoms with E-state index < -0.39 is 0 Å². The fraction of sp³-hybridized carbons (Fsp3) is 0.611. The molecule has 1 heterocycles. The molecule has 2 rings (SSSR count). The van der Waals surface area contributed by atoms with Gasteiger partial charge in [-0.15, -0.1) is 35.7 Å². The minimum absolute atomic E-state index is 0. The Morgan fingerprint density at radius 3 is 2.54 bits per heavy atom. The molecular formula is C18H29ClIN3OS2. The molecule has 1 aliphatic rings. The predicted molar refractivity (Wildman–Crippen MR) is 128 cm³/mol. The van der Waals surface area contributed by atoms with Crippen molar-refractivity contribution in [2.75, 3.05) is 44.9 Å². The maximum atomic E-state index is 5.92. The molecule has 8 heteroatoms. The van der Waals surface area contributed by atoms with E-state index in [2.05, 4.69) is 35.9 Å². The van der Waals surface area contributed by atoms with Gasteiger partial charge in [0.2, 0.25) is 0 Å². The SMILES string of the molecule is CCNC(=NCC1(SC)CCOCC1)NCCSc1ccc(Cl)cc1.I. The van der Waals surface area contributed by atoms with Crippen molar-refractivity contribution in [2.24, 2.45) is 4.99 Å². The normalized spacial score (nSPS) is 16.7. The van der Waals surface area contributed by atoms with E-state index in [0.29, 0.717) is 0 Å². The lowest BCUT2D eigenvalue weighted by atomic mass is 9.99. The average molecular weight is 530 g/mol. The molecular weight excluding hydrogens is 501 g/mol. The minimum atomic E-state index is 0. The van der Waals surface area contributed by atoms with E-state index in [0.717, 1.165) is 62.4 Å². The van der Waals surface area contributed by atoms with Crippen molar-refractivity contribution >= 4 is 65.1 Å². The van der Waals surface area contributed by atoms with Crippen LogP contribution in [0.4, 0.5) is 0 Å². The van der Waals surface area contributed by atoms with Gasteiger partial charge in [-0.3, -0.25) is 4.99 Å². The van der Waals surface area contributed by atoms with Gasteiger partial charge in [0.15, 0.2) is 5.96 Å². The van der Waals surface area contributed by atoms with Gasteiger partial charge in [0.25, 0.3) is 0 Å². The van der Waals surface area contributed by atoms with Gasteiger partial charge in [-0.05, 0) is 50.3 Å². The van der Waals surface area contributed by atoms with Gasteiger partial charge < -0.3 is 15.4 Å². The number of hydrogen-bond donors (Lipinski definition) is 2. The van der Waals surface area contributed by atoms with Gasteiger partial charge in [-0.2, -0.15) is 11.8 Å². The van der Waals surface area contributed by atoms with Crippen molar-refractivity contribution in [3.63, 3.8) is 0 Å². The van der Waals surface area contributed by atoms with Crippen LogP contribution >= 0.6 is 59.1 Å². The summed E-state index contributed by atoms with van der Waals surface area (Å²) in [5, 5.41) is 7.55. The van der Waals surface area contributed by atoms with Crippen LogP contribution in [0.15, 0.2) is 34.2 Å². The Balaban J connectivity index is 0.00000338. The van der Waals surface area contributed by atoms with Gasteiger partial charge >= 0.3 is 0 Å². The van der Waals surface area contributed by atoms with Crippen LogP contribution in [-0.4, -0.2) is 55.6 Å². The molecule has 0 bridgehead atoms. The minimum Gasteiger partial charge on any atom is -0.381 e. The highest BCUT2D eigenvalue weighted by Crippen LogP contribution is 2.33. The molecule has 2 N–H and O–H groups in total. The first-order chi connectivity index (χ1) is 12.2. The topological polar surface area (TPSA) is 45.7 Å². The maximum Gasteiger partial charge on any atom is 0.191 e. The van der Waals surface area contributed by atoms with Crippen molar-refractivity contribution in [3.8, 4) is 0 Å². The molecule has 0 aromatic heterocycles. The number of ether oxygens (including phenoxy) is 1. The summed E-state index contributed by atoms with van der Waals surface area (Å²) in [5.74, 6) is 1.88. The van der Waals surface area contributed by atoms with E-state index in [-0.39, 0.29) is 28.7 Å². The average Bonchev–Trinajstić information content (AvgIpc) is 2.65. The van der Waals surface area contributed by atoms with E-state index in [1.54, 1.807) is 0 Å². The van der Waals surface area contributed by atoms with Crippen molar-refractivity contribution in [1.29, 1.82) is 0 Å². The van der Waals surface area contributed by atoms with Crippen LogP contribution in [0.5, 0.6) is 0 Å². The van der Waals surface area contributed by atoms with Gasteiger partial charge in [0.1, 0.15) is 0 Å². The summed E-state index contributed by atoms with van der Waals surface area (Å²) in [7, 11) is 0. The second kappa shape index (κ2) is 13.4. The van der Waals surface area contributed by atoms with Crippen molar-refractivity contribution in [1.82, 2.24) is 10.6 Å². The number of nitrogens with one attached hydrogen (secondary N) is 2. The van der Waals surface area contributed by atoms with Gasteiger partial charge in [0.05, 0.1) is 6.54 Å². The standard InChI is InChI=1S/C18H28ClN3OS2.HI/c1-3-20-17(22-14-18(24-2)8-11-23-12-9-18)21-10-13-25-16-6-4-15(19)5-7-16;/h4-7H,3,8-14H2,1-2H3,(H2,20,21,22);1H. The number of rotatable bonds is 8. The quantitative estimate of drug-likeness (QED) is 0.170. The molecule has 0 aliphatic carbocycles. The number of nitrogens with zero attached hydrogens (tertiary/aromatic N) is 1. The van der Waals surface area contributed by atoms with Gasteiger partial charge in [-0.25, -0.2) is 0 Å². The Morgan fingerprint density at radius 1 is 1.23 bits per heavy atom. The van der Waals surface area contributed by atoms with Crippen LogP contribution in [0.3, 0.4) is 0 Å². The first-order valence-corrected chi connectivity index (χ1v) is 11.3. The Labute approximate surface area is 188 Å². The lowest BCUT2D eigenvalue weighted by molar-refractivity contribution is 0.0794. The first-order valence-electron chi connectivity index (χ1n) is 8.71. The molecule has 0 saturated carbocycles. The Morgan fingerprint density at radius 2 is 1.92 bits per heavy atom. The summed E-state index contributed by atoms with van der Waals surface area (Å²) in [6.07, 6.45) is 4.33. The largest absolute Gasteiger partial charge is 0.381 e. The molecule has 26 heavy (non-hydrogen) atoms. The molecule has 1 aromatic carbocycles. The summed E-state index contributed by atoms with van der Waals surface area (Å²) in [5.41, 5.74) is 0. The molecule has 0 unspecified atom stereocenters. The molecule has 0 amide bonds. The Bertz CT molecular complexity index is 540. The van der Waals surface area contributed by atoms with E-state index >= 15 is 0 Å². The molecule has 148 valence electrons. The smallest absolute Gasteiger partial charge is 0.191 e. The zero-order chi connectivity index (χ0) is 18.0. The highest BCUT2D eigenvalue weighted by Gasteiger charge is 2.31. The van der Waals surface area contributed by atoms with Crippen LogP contribution in [0.25, 0.3) is 0 Å². The van der Waals surface area contributed by atoms with E-state index in [9.17, 15) is 0 Å². The fourth-order valence-corrected chi connectivity index (χ4v) is 4.27. The second-order valence-corrected chi connectivity index (χ2v) is 8.80. The van der Waals surface area contributed by atoms with E-state index in [1.807, 2.05) is 35.7 Å². The fourth-order valence-electron chi connectivity index (χ4n) is 2.60. The number of benzene rings is 1. The molecule has 0 radical (unpaired) electrons. The zero-order valence-electron chi connectivity index (χ0n) is 15.4. The maximum absolute atomic E-state index is 5.92. The molecule has 0 atom stereocenters. The molecule has 0 spiro atoms. The van der Waals surface area contributed by atoms with Crippen LogP contribution < -0.4 is 10.6 Å². The summed E-state index contributed by atoms with van der Waals surface area (Å²) in [6, 6.07) is 7.97. The van der Waals surface area contributed by atoms with E-state index in [4.69, 9.17) is 21.3 Å². The Kier molecular flexibility index (Phi) is 12.4. The molecule has 1 aliphatic heterocycles. The lowest BCUT2D eigenvalue weighted by Gasteiger charge is -2.34. The van der Waals surface area contributed by atoms with Gasteiger partial charge in [-0.1, -0.05) is 11.6 Å². The van der Waals surface area contributed by atoms with Crippen molar-refractivity contribution in [2.45, 2.75) is 29.4 Å². The lowest BCUT2D eigenvalue weighted by Crippen LogP contribution is -2.41. The summed E-state index contributed by atoms with van der Waals surface area (Å²) in [6.45, 7) is 6.35. The monoisotopic (exact) mass is 529 g/mol. The molecule has 4 nitrogen and oxygen atoms in total. The number of halogens is 2. The van der Waals surface area contributed by atoms with Crippen LogP contribution in [0.1, 0.15) is 19.8 Å². The number of aliphatic imine (C=N–C) groups is 1. The third-order valence-corrected chi connectivity index (χ3v) is 6.85. The molecule has 1 aromatic rings. The summed E-state index contributed by atoms with van der Waals surface area (Å²) < 4.78 is 5.73. The Hall–Kier alpha value is 0.170. The second-order valence-electron chi connectivity index (χ2n) is 5.92. The number of thioether (sulfide) groups is 2. The third kappa shape index (κ3) is 8.46. The zero-order valence-corrected chi connectivity index (χ0v) is 20.1. The number of hydrogen-bond acceptors (Lipinski definition) is 4. The first kappa shape index (κ1) is 24.2. The highest BCUT2D eigenvalue weighted by molar-refractivity contribution is 14.0. The predicted octanol–water partition coefficient (Wildman–Crippen LogP) is 4.52. The van der Waals surface area contributed by atoms with Crippen LogP contribution in [-0.2, 0) is 4.74 Å². The summed E-state index contributed by atoms with van der Waals surface area (Å²) >= 11 is 9.65. The van der Waals surface area contributed by atoms with Crippen LogP contribution in [0.2, 0.25) is 5.02 Å². The van der Waals surface area contributed by atoms with Crippen molar-refractivity contribution < 1.29 is 4.74 Å². The highest BCUT2D eigenvalue weighted by atomic mass is 127. The van der Waals surface area contributed by atoms with E-state index in [1.165, 1.54) is 4.90 Å². The third-order valence-electron chi connectivity index (χ3n) is 4.18. The number of guanidine groups is 1. The van der Waals surface area contributed by atoms with Crippen LogP contribution in [0, 0.1) is 0 Å². The summed E-state index contributed by atoms with van der Waals surface area (Å²) in [4.78, 5) is 6.06. The molecule has 1 fully saturated rings. The molecule has 1 saturated heterocycles. The van der Waals surface area contributed by atoms with Gasteiger partial charge in [0, 0.05) is 46.7 Å².